The van der Waals surface area contributed by atoms with Crippen LogP contribution in [0.4, 0.5) is 18.9 Å². The standard InChI is InChI=1S/C23H24F3N3O3S/c1-28(12-13-6-3-2-4-7-13)21(32)16-11-17(30)20(31)18-19(16)29(22(33)27-18)15-9-5-8-14(10-15)23(24,25)26/h2-10,16-20,30-31H,11-12H2,1H3,(H,27,33)/t16-,17+,18-,19+,20-/m0/s1. The molecule has 3 N–H and O–H groups in total. The predicted molar refractivity (Wildman–Crippen MR) is 120 cm³/mol. The first-order valence-corrected chi connectivity index (χ1v) is 10.9. The average Bonchev–Trinajstić information content (AvgIpc) is 3.13. The number of aliphatic hydroxyl groups is 2. The molecule has 0 spiro atoms. The molecule has 1 saturated heterocycles. The van der Waals surface area contributed by atoms with Crippen molar-refractivity contribution in [1.29, 1.82) is 0 Å². The fourth-order valence-electron chi connectivity index (χ4n) is 4.68. The van der Waals surface area contributed by atoms with Gasteiger partial charge in [0.05, 0.1) is 29.7 Å². The zero-order chi connectivity index (χ0) is 23.9. The number of hydrogen-bond acceptors (Lipinski definition) is 4. The van der Waals surface area contributed by atoms with Crippen LogP contribution in [-0.2, 0) is 17.5 Å². The van der Waals surface area contributed by atoms with Gasteiger partial charge in [-0.2, -0.15) is 13.2 Å². The van der Waals surface area contributed by atoms with E-state index in [1.807, 2.05) is 30.3 Å². The Kier molecular flexibility index (Phi) is 6.35. The highest BCUT2D eigenvalue weighted by atomic mass is 32.1. The number of carbonyl (C=O) groups is 1. The fourth-order valence-corrected chi connectivity index (χ4v) is 5.04. The molecule has 2 fully saturated rings. The zero-order valence-corrected chi connectivity index (χ0v) is 18.6. The van der Waals surface area contributed by atoms with E-state index in [1.165, 1.54) is 21.9 Å². The van der Waals surface area contributed by atoms with Crippen molar-refractivity contribution >= 4 is 28.9 Å². The van der Waals surface area contributed by atoms with Crippen LogP contribution >= 0.6 is 12.2 Å². The number of fused-ring (bicyclic) bond motifs is 1. The summed E-state index contributed by atoms with van der Waals surface area (Å²) in [7, 11) is 1.64. The van der Waals surface area contributed by atoms with E-state index in [1.54, 1.807) is 7.05 Å². The first-order valence-electron chi connectivity index (χ1n) is 10.5. The average molecular weight is 480 g/mol. The minimum absolute atomic E-state index is 0.0416. The van der Waals surface area contributed by atoms with Crippen LogP contribution < -0.4 is 10.2 Å². The molecule has 2 aromatic rings. The smallest absolute Gasteiger partial charge is 0.390 e. The monoisotopic (exact) mass is 479 g/mol. The molecule has 176 valence electrons. The van der Waals surface area contributed by atoms with Crippen molar-refractivity contribution in [2.75, 3.05) is 11.9 Å². The molecule has 0 aromatic heterocycles. The minimum Gasteiger partial charge on any atom is -0.390 e. The highest BCUT2D eigenvalue weighted by Gasteiger charge is 2.54. The number of aliphatic hydroxyl groups excluding tert-OH is 2. The Morgan fingerprint density at radius 2 is 1.88 bits per heavy atom. The quantitative estimate of drug-likeness (QED) is 0.586. The molecule has 0 bridgehead atoms. The molecule has 4 rings (SSSR count). The maximum absolute atomic E-state index is 13.5. The molecule has 33 heavy (non-hydrogen) atoms. The molecule has 2 aliphatic rings. The van der Waals surface area contributed by atoms with Crippen LogP contribution in [0.25, 0.3) is 0 Å². The number of alkyl halides is 3. The van der Waals surface area contributed by atoms with Gasteiger partial charge in [-0.15, -0.1) is 0 Å². The number of nitrogens with one attached hydrogen (secondary N) is 1. The Morgan fingerprint density at radius 3 is 2.55 bits per heavy atom. The highest BCUT2D eigenvalue weighted by Crippen LogP contribution is 2.39. The molecule has 1 aliphatic heterocycles. The molecule has 10 heteroatoms. The summed E-state index contributed by atoms with van der Waals surface area (Å²) < 4.78 is 39.9. The Hall–Kier alpha value is -2.69. The highest BCUT2D eigenvalue weighted by molar-refractivity contribution is 7.80. The number of nitrogens with zero attached hydrogens (tertiary/aromatic N) is 2. The van der Waals surface area contributed by atoms with Gasteiger partial charge in [0.2, 0.25) is 5.91 Å². The van der Waals surface area contributed by atoms with Gasteiger partial charge in [0.15, 0.2) is 5.11 Å². The van der Waals surface area contributed by atoms with Crippen LogP contribution in [0.1, 0.15) is 17.5 Å². The van der Waals surface area contributed by atoms with E-state index in [2.05, 4.69) is 5.32 Å². The summed E-state index contributed by atoms with van der Waals surface area (Å²) >= 11 is 5.39. The maximum Gasteiger partial charge on any atom is 0.416 e. The van der Waals surface area contributed by atoms with E-state index >= 15 is 0 Å². The van der Waals surface area contributed by atoms with Gasteiger partial charge in [0.25, 0.3) is 0 Å². The van der Waals surface area contributed by atoms with Crippen molar-refractivity contribution in [1.82, 2.24) is 10.2 Å². The first-order chi connectivity index (χ1) is 15.6. The Bertz CT molecular complexity index is 1040. The second kappa shape index (κ2) is 8.92. The third-order valence-electron chi connectivity index (χ3n) is 6.25. The lowest BCUT2D eigenvalue weighted by atomic mass is 9.77. The molecule has 1 aliphatic carbocycles. The lowest BCUT2D eigenvalue weighted by Gasteiger charge is -2.42. The molecule has 1 saturated carbocycles. The molecule has 0 unspecified atom stereocenters. The zero-order valence-electron chi connectivity index (χ0n) is 17.7. The van der Waals surface area contributed by atoms with Crippen LogP contribution in [0.2, 0.25) is 0 Å². The van der Waals surface area contributed by atoms with Crippen LogP contribution in [0, 0.1) is 5.92 Å². The van der Waals surface area contributed by atoms with Gasteiger partial charge in [-0.3, -0.25) is 4.79 Å². The number of hydrogen-bond donors (Lipinski definition) is 3. The van der Waals surface area contributed by atoms with Gasteiger partial charge in [0.1, 0.15) is 6.10 Å². The Balaban J connectivity index is 1.67. The van der Waals surface area contributed by atoms with Crippen LogP contribution in [0.3, 0.4) is 0 Å². The fraction of sp³-hybridized carbons (Fsp3) is 0.391. The number of carbonyl (C=O) groups excluding carboxylic acids is 1. The van der Waals surface area contributed by atoms with E-state index in [9.17, 15) is 28.2 Å². The largest absolute Gasteiger partial charge is 0.416 e. The maximum atomic E-state index is 13.5. The van der Waals surface area contributed by atoms with E-state index in [4.69, 9.17) is 12.2 Å². The molecule has 1 heterocycles. The minimum atomic E-state index is -4.54. The lowest BCUT2D eigenvalue weighted by molar-refractivity contribution is -0.141. The summed E-state index contributed by atoms with van der Waals surface area (Å²) in [5.41, 5.74) is 0.240. The molecule has 5 atom stereocenters. The number of rotatable bonds is 4. The van der Waals surface area contributed by atoms with Crippen molar-refractivity contribution < 1.29 is 28.2 Å². The van der Waals surface area contributed by atoms with Crippen molar-refractivity contribution in [3.63, 3.8) is 0 Å². The van der Waals surface area contributed by atoms with Gasteiger partial charge < -0.3 is 25.3 Å². The number of thiocarbonyl (C=S) groups is 1. The van der Waals surface area contributed by atoms with Gasteiger partial charge in [-0.05, 0) is 42.4 Å². The molecule has 2 aromatic carbocycles. The van der Waals surface area contributed by atoms with Gasteiger partial charge in [-0.1, -0.05) is 36.4 Å². The predicted octanol–water partition coefficient (Wildman–Crippen LogP) is 2.54. The molecule has 1 amide bonds. The van der Waals surface area contributed by atoms with Crippen molar-refractivity contribution in [2.45, 2.75) is 43.4 Å². The number of benzene rings is 2. The lowest BCUT2D eigenvalue weighted by Crippen LogP contribution is -2.61. The summed E-state index contributed by atoms with van der Waals surface area (Å²) in [5.74, 6) is -1.09. The van der Waals surface area contributed by atoms with Crippen LogP contribution in [0.5, 0.6) is 0 Å². The van der Waals surface area contributed by atoms with Crippen LogP contribution in [-0.4, -0.2) is 57.5 Å². The second-order valence-electron chi connectivity index (χ2n) is 8.46. The SMILES string of the molecule is CN(Cc1ccccc1)C(=O)[C@H]1C[C@@H](O)[C@H](O)[C@H]2NC(=S)N(c3cccc(C(F)(F)F)c3)[C@@H]21. The summed E-state index contributed by atoms with van der Waals surface area (Å²) in [4.78, 5) is 16.4. The number of halogens is 3. The summed E-state index contributed by atoms with van der Waals surface area (Å²) in [5, 5.41) is 24.0. The first kappa shape index (κ1) is 23.5. The molecule has 6 nitrogen and oxygen atoms in total. The van der Waals surface area contributed by atoms with Crippen molar-refractivity contribution in [3.05, 3.63) is 65.7 Å². The number of amides is 1. The van der Waals surface area contributed by atoms with Crippen molar-refractivity contribution in [3.8, 4) is 0 Å². The van der Waals surface area contributed by atoms with E-state index in [-0.39, 0.29) is 23.1 Å². The summed E-state index contributed by atoms with van der Waals surface area (Å²) in [6.45, 7) is 0.327. The van der Waals surface area contributed by atoms with E-state index < -0.39 is 41.9 Å². The normalized spacial score (nSPS) is 27.2. The number of anilines is 1. The Morgan fingerprint density at radius 1 is 1.18 bits per heavy atom. The van der Waals surface area contributed by atoms with Crippen LogP contribution in [0.15, 0.2) is 54.6 Å². The molecular weight excluding hydrogens is 455 g/mol. The van der Waals surface area contributed by atoms with E-state index in [0.717, 1.165) is 17.7 Å². The Labute approximate surface area is 194 Å². The third-order valence-corrected chi connectivity index (χ3v) is 6.57. The van der Waals surface area contributed by atoms with E-state index in [0.29, 0.717) is 6.54 Å². The van der Waals surface area contributed by atoms with Gasteiger partial charge >= 0.3 is 6.18 Å². The third kappa shape index (κ3) is 4.55. The van der Waals surface area contributed by atoms with Gasteiger partial charge in [0, 0.05) is 19.3 Å². The summed E-state index contributed by atoms with van der Waals surface area (Å²) in [6, 6.07) is 12.5. The topological polar surface area (TPSA) is 76.0 Å². The van der Waals surface area contributed by atoms with Gasteiger partial charge in [-0.25, -0.2) is 0 Å². The second-order valence-corrected chi connectivity index (χ2v) is 8.85. The molecular formula is C23H24F3N3O3S. The van der Waals surface area contributed by atoms with Crippen molar-refractivity contribution in [2.24, 2.45) is 5.92 Å². The summed E-state index contributed by atoms with van der Waals surface area (Å²) in [6.07, 6.45) is -6.99. The molecule has 0 radical (unpaired) electrons.